The molecule has 1 amide bonds. The fourth-order valence-corrected chi connectivity index (χ4v) is 3.61. The number of nitrogens with one attached hydrogen (secondary N) is 1. The molecule has 1 aliphatic heterocycles. The fourth-order valence-electron chi connectivity index (χ4n) is 3.61. The molecule has 2 atom stereocenters. The van der Waals surface area contributed by atoms with E-state index in [0.717, 1.165) is 43.4 Å². The molecule has 3 rings (SSSR count). The Morgan fingerprint density at radius 2 is 1.73 bits per heavy atom. The van der Waals surface area contributed by atoms with Crippen molar-refractivity contribution < 1.29 is 22.8 Å². The van der Waals surface area contributed by atoms with Crippen LogP contribution in [0.25, 0.3) is 11.1 Å². The van der Waals surface area contributed by atoms with E-state index in [4.69, 9.17) is 0 Å². The Morgan fingerprint density at radius 3 is 2.21 bits per heavy atom. The topological polar surface area (TPSA) is 49.4 Å². The Hall–Kier alpha value is -2.67. The molecule has 1 N–H and O–H groups in total. The minimum Gasteiger partial charge on any atom is -0.348 e. The van der Waals surface area contributed by atoms with Crippen molar-refractivity contribution >= 4 is 12.2 Å². The number of hydrogen-bond acceptors (Lipinski definition) is 3. The van der Waals surface area contributed by atoms with Gasteiger partial charge in [-0.3, -0.25) is 9.69 Å². The summed E-state index contributed by atoms with van der Waals surface area (Å²) in [6.07, 6.45) is 3.46. The molecule has 0 bridgehead atoms. The molecule has 2 aromatic rings. The van der Waals surface area contributed by atoms with Crippen LogP contribution in [0.5, 0.6) is 0 Å². The van der Waals surface area contributed by atoms with Crippen LogP contribution in [0.2, 0.25) is 0 Å². The van der Waals surface area contributed by atoms with Gasteiger partial charge in [-0.25, -0.2) is 13.2 Å². The van der Waals surface area contributed by atoms with Crippen molar-refractivity contribution in [2.45, 2.75) is 59.0 Å². The van der Waals surface area contributed by atoms with E-state index >= 15 is 0 Å². The van der Waals surface area contributed by atoms with Gasteiger partial charge in [0.15, 0.2) is 11.6 Å². The third-order valence-corrected chi connectivity index (χ3v) is 5.62. The molecule has 2 unspecified atom stereocenters. The van der Waals surface area contributed by atoms with E-state index in [-0.39, 0.29) is 34.5 Å². The highest BCUT2D eigenvalue weighted by molar-refractivity contribution is 5.82. The third-order valence-electron chi connectivity index (χ3n) is 5.62. The van der Waals surface area contributed by atoms with E-state index in [1.165, 1.54) is 12.1 Å². The van der Waals surface area contributed by atoms with Crippen molar-refractivity contribution in [3.05, 3.63) is 59.4 Å². The van der Waals surface area contributed by atoms with Gasteiger partial charge in [0.1, 0.15) is 12.1 Å². The largest absolute Gasteiger partial charge is 0.348 e. The minimum absolute atomic E-state index is 0.0243. The van der Waals surface area contributed by atoms with Gasteiger partial charge in [0.05, 0.1) is 17.6 Å². The zero-order valence-corrected chi connectivity index (χ0v) is 19.9. The number of aldehydes is 1. The predicted molar refractivity (Wildman–Crippen MR) is 124 cm³/mol. The highest BCUT2D eigenvalue weighted by Crippen LogP contribution is 2.29. The van der Waals surface area contributed by atoms with E-state index in [1.54, 1.807) is 12.1 Å². The van der Waals surface area contributed by atoms with Crippen LogP contribution >= 0.6 is 0 Å². The summed E-state index contributed by atoms with van der Waals surface area (Å²) in [5.41, 5.74) is 0.847. The van der Waals surface area contributed by atoms with Gasteiger partial charge in [-0.1, -0.05) is 45.0 Å². The Morgan fingerprint density at radius 1 is 1.12 bits per heavy atom. The molecule has 1 fully saturated rings. The van der Waals surface area contributed by atoms with Gasteiger partial charge in [0, 0.05) is 6.42 Å². The van der Waals surface area contributed by atoms with Gasteiger partial charge >= 0.3 is 0 Å². The second-order valence-corrected chi connectivity index (χ2v) is 9.64. The van der Waals surface area contributed by atoms with Crippen LogP contribution in [0.4, 0.5) is 13.2 Å². The Bertz CT molecular complexity index is 955. The monoisotopic (exact) mass is 462 g/mol. The lowest BCUT2D eigenvalue weighted by Gasteiger charge is -2.22. The van der Waals surface area contributed by atoms with Crippen molar-refractivity contribution in [3.63, 3.8) is 0 Å². The van der Waals surface area contributed by atoms with Gasteiger partial charge in [-0.05, 0) is 62.0 Å². The first-order chi connectivity index (χ1) is 15.4. The maximum Gasteiger partial charge on any atom is 0.237 e. The number of carbonyl (C=O) groups is 2. The number of nitrogens with zero attached hydrogens (tertiary/aromatic N) is 1. The first-order valence-electron chi connectivity index (χ1n) is 11.1. The van der Waals surface area contributed by atoms with Crippen molar-refractivity contribution in [1.29, 1.82) is 0 Å². The number of rotatable bonds is 5. The van der Waals surface area contributed by atoms with Crippen LogP contribution in [-0.2, 0) is 9.59 Å². The molecule has 4 nitrogen and oxygen atoms in total. The first kappa shape index (κ1) is 26.6. The maximum absolute atomic E-state index is 13.9. The van der Waals surface area contributed by atoms with E-state index in [1.807, 2.05) is 39.6 Å². The molecule has 1 aliphatic rings. The Kier molecular flexibility index (Phi) is 9.23. The van der Waals surface area contributed by atoms with Crippen molar-refractivity contribution in [1.82, 2.24) is 10.2 Å². The smallest absolute Gasteiger partial charge is 0.237 e. The number of amides is 1. The van der Waals surface area contributed by atoms with Crippen molar-refractivity contribution in [2.75, 3.05) is 13.6 Å². The molecule has 2 aromatic carbocycles. The van der Waals surface area contributed by atoms with Crippen molar-refractivity contribution in [2.24, 2.45) is 5.41 Å². The lowest BCUT2D eigenvalue weighted by atomic mass is 9.93. The Labute approximate surface area is 194 Å². The molecule has 0 radical (unpaired) electrons. The summed E-state index contributed by atoms with van der Waals surface area (Å²) in [5, 5.41) is 2.97. The van der Waals surface area contributed by atoms with Gasteiger partial charge in [0.25, 0.3) is 0 Å². The molecule has 1 saturated heterocycles. The fraction of sp³-hybridized carbons (Fsp3) is 0.462. The highest BCUT2D eigenvalue weighted by atomic mass is 19.2. The standard InChI is InChI=1S/C20H21F3N2O.C6H12O/c1-12(24-20(26)17-4-3-11-25(17)2)13-5-7-14(8-6-13)18-15(21)9-10-16(22)19(18)23;1-6(2,3)4-5-7/h5-10,12,17H,3-4,11H2,1-2H3,(H,24,26);5H,4H2,1-3H3. The summed E-state index contributed by atoms with van der Waals surface area (Å²) in [6.45, 7) is 8.89. The van der Waals surface area contributed by atoms with E-state index in [0.29, 0.717) is 6.42 Å². The number of halogens is 3. The summed E-state index contributed by atoms with van der Waals surface area (Å²) >= 11 is 0. The number of hydrogen-bond donors (Lipinski definition) is 1. The molecule has 1 heterocycles. The number of carbonyl (C=O) groups excluding carboxylic acids is 2. The summed E-state index contributed by atoms with van der Waals surface area (Å²) in [6, 6.07) is 7.73. The van der Waals surface area contributed by atoms with Crippen LogP contribution in [-0.4, -0.2) is 36.7 Å². The second-order valence-electron chi connectivity index (χ2n) is 9.64. The highest BCUT2D eigenvalue weighted by Gasteiger charge is 2.28. The molecular weight excluding hydrogens is 429 g/mol. The molecule has 0 aromatic heterocycles. The van der Waals surface area contributed by atoms with Crippen LogP contribution < -0.4 is 5.32 Å². The summed E-state index contributed by atoms with van der Waals surface area (Å²) in [4.78, 5) is 24.2. The average molecular weight is 463 g/mol. The maximum atomic E-state index is 13.9. The second kappa shape index (κ2) is 11.5. The SMILES string of the molecule is CC(C)(C)CC=O.CC(NC(=O)C1CCCN1C)c1ccc(-c2c(F)ccc(F)c2F)cc1. The van der Waals surface area contributed by atoms with Gasteiger partial charge < -0.3 is 10.1 Å². The molecular formula is C26H33F3N2O2. The molecule has 7 heteroatoms. The number of benzene rings is 2. The van der Waals surface area contributed by atoms with Crippen LogP contribution in [0.3, 0.4) is 0 Å². The lowest BCUT2D eigenvalue weighted by Crippen LogP contribution is -2.42. The normalized spacial score (nSPS) is 17.2. The quantitative estimate of drug-likeness (QED) is 0.461. The van der Waals surface area contributed by atoms with Gasteiger partial charge in [-0.15, -0.1) is 0 Å². The van der Waals surface area contributed by atoms with Gasteiger partial charge in [0.2, 0.25) is 5.91 Å². The summed E-state index contributed by atoms with van der Waals surface area (Å²) < 4.78 is 41.2. The molecule has 180 valence electrons. The lowest BCUT2D eigenvalue weighted by molar-refractivity contribution is -0.125. The minimum atomic E-state index is -1.21. The average Bonchev–Trinajstić information content (AvgIpc) is 3.17. The molecule has 0 spiro atoms. The molecule has 33 heavy (non-hydrogen) atoms. The van der Waals surface area contributed by atoms with E-state index < -0.39 is 17.5 Å². The van der Waals surface area contributed by atoms with Crippen LogP contribution in [0.15, 0.2) is 36.4 Å². The van der Waals surface area contributed by atoms with E-state index in [9.17, 15) is 22.8 Å². The van der Waals surface area contributed by atoms with Gasteiger partial charge in [-0.2, -0.15) is 0 Å². The molecule has 0 saturated carbocycles. The molecule has 0 aliphatic carbocycles. The number of likely N-dealkylation sites (tertiary alicyclic amines) is 1. The third kappa shape index (κ3) is 7.42. The van der Waals surface area contributed by atoms with Crippen LogP contribution in [0, 0.1) is 22.9 Å². The predicted octanol–water partition coefficient (Wildman–Crippen LogP) is 5.66. The zero-order valence-electron chi connectivity index (χ0n) is 19.9. The summed E-state index contributed by atoms with van der Waals surface area (Å²) in [5.74, 6) is -3.14. The first-order valence-corrected chi connectivity index (χ1v) is 11.1. The summed E-state index contributed by atoms with van der Waals surface area (Å²) in [7, 11) is 1.93. The van der Waals surface area contributed by atoms with Crippen LogP contribution in [0.1, 0.15) is 58.6 Å². The Balaban J connectivity index is 0.000000479. The number of likely N-dealkylation sites (N-methyl/N-ethyl adjacent to an activating group) is 1. The zero-order chi connectivity index (χ0) is 24.8. The van der Waals surface area contributed by atoms with E-state index in [2.05, 4.69) is 5.32 Å². The van der Waals surface area contributed by atoms with Crippen molar-refractivity contribution in [3.8, 4) is 11.1 Å².